The number of hydrogen-bond acceptors (Lipinski definition) is 3. The standard InChI is InChI=1S/C14H16N4O2/c1-10(19)17-5-7-18(8-6-17)14(20)12-4-2-3-11-9-15-16-13(11)12/h2-4,9H,5-8H2,1H3,(H,15,16). The van der Waals surface area contributed by atoms with Gasteiger partial charge in [0.05, 0.1) is 17.3 Å². The number of rotatable bonds is 1. The van der Waals surface area contributed by atoms with E-state index in [4.69, 9.17) is 0 Å². The van der Waals surface area contributed by atoms with Crippen molar-refractivity contribution in [3.8, 4) is 0 Å². The summed E-state index contributed by atoms with van der Waals surface area (Å²) in [6.45, 7) is 3.90. The fraction of sp³-hybridized carbons (Fsp3) is 0.357. The molecule has 2 heterocycles. The van der Waals surface area contributed by atoms with E-state index in [9.17, 15) is 9.59 Å². The molecule has 1 aliphatic heterocycles. The highest BCUT2D eigenvalue weighted by Gasteiger charge is 2.24. The highest BCUT2D eigenvalue weighted by molar-refractivity contribution is 6.05. The van der Waals surface area contributed by atoms with Gasteiger partial charge in [0.25, 0.3) is 5.91 Å². The third-order valence-electron chi connectivity index (χ3n) is 3.72. The first-order chi connectivity index (χ1) is 9.66. The Morgan fingerprint density at radius 3 is 2.55 bits per heavy atom. The molecular weight excluding hydrogens is 256 g/mol. The molecular formula is C14H16N4O2. The van der Waals surface area contributed by atoms with Crippen LogP contribution in [-0.2, 0) is 4.79 Å². The van der Waals surface area contributed by atoms with E-state index in [1.54, 1.807) is 29.0 Å². The number of nitrogens with one attached hydrogen (secondary N) is 1. The van der Waals surface area contributed by atoms with Gasteiger partial charge < -0.3 is 9.80 Å². The van der Waals surface area contributed by atoms with E-state index >= 15 is 0 Å². The van der Waals surface area contributed by atoms with Crippen LogP contribution in [0.4, 0.5) is 0 Å². The Labute approximate surface area is 116 Å². The second-order valence-electron chi connectivity index (χ2n) is 4.94. The van der Waals surface area contributed by atoms with Crippen molar-refractivity contribution in [1.82, 2.24) is 20.0 Å². The number of aromatic amines is 1. The van der Waals surface area contributed by atoms with Crippen molar-refractivity contribution < 1.29 is 9.59 Å². The summed E-state index contributed by atoms with van der Waals surface area (Å²) >= 11 is 0. The molecule has 1 N–H and O–H groups in total. The highest BCUT2D eigenvalue weighted by Crippen LogP contribution is 2.18. The van der Waals surface area contributed by atoms with E-state index < -0.39 is 0 Å². The SMILES string of the molecule is CC(=O)N1CCN(C(=O)c2cccc3cn[nH]c23)CC1. The third kappa shape index (κ3) is 2.13. The molecule has 1 saturated heterocycles. The average Bonchev–Trinajstić information content (AvgIpc) is 2.95. The lowest BCUT2D eigenvalue weighted by Crippen LogP contribution is -2.50. The van der Waals surface area contributed by atoms with E-state index in [-0.39, 0.29) is 11.8 Å². The first kappa shape index (κ1) is 12.7. The van der Waals surface area contributed by atoms with E-state index in [1.165, 1.54) is 0 Å². The van der Waals surface area contributed by atoms with E-state index in [2.05, 4.69) is 10.2 Å². The molecule has 3 rings (SSSR count). The molecule has 1 aliphatic rings. The summed E-state index contributed by atoms with van der Waals surface area (Å²) in [5, 5.41) is 7.78. The van der Waals surface area contributed by atoms with Crippen molar-refractivity contribution in [3.05, 3.63) is 30.0 Å². The lowest BCUT2D eigenvalue weighted by molar-refractivity contribution is -0.130. The summed E-state index contributed by atoms with van der Waals surface area (Å²) in [5.41, 5.74) is 1.41. The molecule has 6 nitrogen and oxygen atoms in total. The Hall–Kier alpha value is -2.37. The van der Waals surface area contributed by atoms with Gasteiger partial charge in [-0.1, -0.05) is 12.1 Å². The van der Waals surface area contributed by atoms with Gasteiger partial charge in [0, 0.05) is 38.5 Å². The van der Waals surface area contributed by atoms with Gasteiger partial charge in [0.1, 0.15) is 0 Å². The molecule has 2 amide bonds. The number of carbonyl (C=O) groups is 2. The number of H-pyrrole nitrogens is 1. The summed E-state index contributed by atoms with van der Waals surface area (Å²) in [7, 11) is 0. The van der Waals surface area contributed by atoms with Crippen molar-refractivity contribution in [2.24, 2.45) is 0 Å². The van der Waals surface area contributed by atoms with Crippen molar-refractivity contribution in [1.29, 1.82) is 0 Å². The molecule has 1 aromatic carbocycles. The van der Waals surface area contributed by atoms with E-state index in [0.29, 0.717) is 31.7 Å². The van der Waals surface area contributed by atoms with Gasteiger partial charge in [-0.25, -0.2) is 0 Å². The van der Waals surface area contributed by atoms with Gasteiger partial charge in [0.15, 0.2) is 0 Å². The number of amides is 2. The molecule has 0 bridgehead atoms. The van der Waals surface area contributed by atoms with Crippen LogP contribution in [0.15, 0.2) is 24.4 Å². The zero-order valence-electron chi connectivity index (χ0n) is 11.3. The second kappa shape index (κ2) is 4.96. The molecule has 104 valence electrons. The van der Waals surface area contributed by atoms with Crippen LogP contribution in [-0.4, -0.2) is 58.0 Å². The first-order valence-electron chi connectivity index (χ1n) is 6.63. The second-order valence-corrected chi connectivity index (χ2v) is 4.94. The molecule has 0 saturated carbocycles. The number of para-hydroxylation sites is 1. The molecule has 0 spiro atoms. The number of benzene rings is 1. The summed E-state index contributed by atoms with van der Waals surface area (Å²) in [6, 6.07) is 5.58. The van der Waals surface area contributed by atoms with Crippen LogP contribution in [0.3, 0.4) is 0 Å². The predicted octanol–water partition coefficient (Wildman–Crippen LogP) is 0.867. The smallest absolute Gasteiger partial charge is 0.256 e. The molecule has 0 aliphatic carbocycles. The minimum atomic E-state index is -0.0111. The van der Waals surface area contributed by atoms with Gasteiger partial charge in [-0.3, -0.25) is 14.7 Å². The van der Waals surface area contributed by atoms with E-state index in [0.717, 1.165) is 10.9 Å². The minimum Gasteiger partial charge on any atom is -0.339 e. The van der Waals surface area contributed by atoms with Crippen LogP contribution < -0.4 is 0 Å². The third-order valence-corrected chi connectivity index (χ3v) is 3.72. The summed E-state index contributed by atoms with van der Waals surface area (Å²) in [5.74, 6) is 0.0517. The largest absolute Gasteiger partial charge is 0.339 e. The van der Waals surface area contributed by atoms with Gasteiger partial charge in [-0.2, -0.15) is 5.10 Å². The van der Waals surface area contributed by atoms with Crippen LogP contribution in [0.1, 0.15) is 17.3 Å². The predicted molar refractivity (Wildman–Crippen MR) is 74.3 cm³/mol. The van der Waals surface area contributed by atoms with Crippen molar-refractivity contribution in [3.63, 3.8) is 0 Å². The maximum atomic E-state index is 12.6. The molecule has 0 radical (unpaired) electrons. The van der Waals surface area contributed by atoms with E-state index in [1.807, 2.05) is 12.1 Å². The normalized spacial score (nSPS) is 15.7. The number of hydrogen-bond donors (Lipinski definition) is 1. The number of piperazine rings is 1. The average molecular weight is 272 g/mol. The van der Waals surface area contributed by atoms with Crippen molar-refractivity contribution in [2.45, 2.75) is 6.92 Å². The molecule has 0 unspecified atom stereocenters. The number of carbonyl (C=O) groups excluding carboxylic acids is 2. The molecule has 2 aromatic rings. The Morgan fingerprint density at radius 1 is 1.15 bits per heavy atom. The molecule has 1 fully saturated rings. The molecule has 20 heavy (non-hydrogen) atoms. The Bertz CT molecular complexity index is 656. The zero-order valence-corrected chi connectivity index (χ0v) is 11.3. The van der Waals surface area contributed by atoms with Crippen LogP contribution in [0.5, 0.6) is 0 Å². The Kier molecular flexibility index (Phi) is 3.14. The van der Waals surface area contributed by atoms with Crippen LogP contribution >= 0.6 is 0 Å². The summed E-state index contributed by atoms with van der Waals surface area (Å²) < 4.78 is 0. The summed E-state index contributed by atoms with van der Waals surface area (Å²) in [4.78, 5) is 27.4. The minimum absolute atomic E-state index is 0.0111. The Balaban J connectivity index is 1.80. The monoisotopic (exact) mass is 272 g/mol. The van der Waals surface area contributed by atoms with Crippen LogP contribution in [0.2, 0.25) is 0 Å². The van der Waals surface area contributed by atoms with Gasteiger partial charge in [-0.05, 0) is 6.07 Å². The van der Waals surface area contributed by atoms with Gasteiger partial charge in [0.2, 0.25) is 5.91 Å². The fourth-order valence-electron chi connectivity index (χ4n) is 2.54. The lowest BCUT2D eigenvalue weighted by atomic mass is 10.1. The van der Waals surface area contributed by atoms with Crippen LogP contribution in [0.25, 0.3) is 10.9 Å². The molecule has 1 aromatic heterocycles. The quantitative estimate of drug-likeness (QED) is 0.837. The molecule has 6 heteroatoms. The van der Waals surface area contributed by atoms with Gasteiger partial charge >= 0.3 is 0 Å². The highest BCUT2D eigenvalue weighted by atomic mass is 16.2. The number of nitrogens with zero attached hydrogens (tertiary/aromatic N) is 3. The topological polar surface area (TPSA) is 69.3 Å². The molecule has 0 atom stereocenters. The summed E-state index contributed by atoms with van der Waals surface area (Å²) in [6.07, 6.45) is 1.71. The maximum Gasteiger partial charge on any atom is 0.256 e. The number of aromatic nitrogens is 2. The zero-order chi connectivity index (χ0) is 14.1. The Morgan fingerprint density at radius 2 is 1.85 bits per heavy atom. The number of fused-ring (bicyclic) bond motifs is 1. The van der Waals surface area contributed by atoms with Crippen molar-refractivity contribution in [2.75, 3.05) is 26.2 Å². The van der Waals surface area contributed by atoms with Crippen LogP contribution in [0, 0.1) is 0 Å². The lowest BCUT2D eigenvalue weighted by Gasteiger charge is -2.34. The maximum absolute atomic E-state index is 12.6. The first-order valence-corrected chi connectivity index (χ1v) is 6.63. The fourth-order valence-corrected chi connectivity index (χ4v) is 2.54. The van der Waals surface area contributed by atoms with Gasteiger partial charge in [-0.15, -0.1) is 0 Å². The van der Waals surface area contributed by atoms with Crippen molar-refractivity contribution >= 4 is 22.7 Å².